The van der Waals surface area contributed by atoms with Gasteiger partial charge in [-0.25, -0.2) is 0 Å². The molecule has 0 aromatic rings. The van der Waals surface area contributed by atoms with Crippen molar-refractivity contribution in [1.29, 1.82) is 0 Å². The third-order valence-corrected chi connectivity index (χ3v) is 4.80. The normalized spacial score (nSPS) is 34.9. The summed E-state index contributed by atoms with van der Waals surface area (Å²) < 4.78 is 0. The Balaban J connectivity index is 1.92. The number of nitrogens with one attached hydrogen (secondary N) is 1. The fourth-order valence-electron chi connectivity index (χ4n) is 3.73. The van der Waals surface area contributed by atoms with Crippen molar-refractivity contribution in [3.63, 3.8) is 0 Å². The number of hydrogen-bond donors (Lipinski definition) is 2. The molecule has 0 spiro atoms. The highest BCUT2D eigenvalue weighted by atomic mass is 16.3. The minimum atomic E-state index is -0.0210. The molecule has 0 bridgehead atoms. The first-order valence-corrected chi connectivity index (χ1v) is 7.21. The average Bonchev–Trinajstić information content (AvgIpc) is 2.39. The van der Waals surface area contributed by atoms with E-state index in [1.807, 2.05) is 0 Å². The fourth-order valence-corrected chi connectivity index (χ4v) is 3.73. The van der Waals surface area contributed by atoms with Gasteiger partial charge in [0.2, 0.25) is 0 Å². The first-order chi connectivity index (χ1) is 7.83. The van der Waals surface area contributed by atoms with Crippen molar-refractivity contribution < 1.29 is 5.11 Å². The Bertz CT molecular complexity index is 201. The molecule has 0 aromatic carbocycles. The quantitative estimate of drug-likeness (QED) is 0.773. The lowest BCUT2D eigenvalue weighted by molar-refractivity contribution is -0.00601. The van der Waals surface area contributed by atoms with Crippen molar-refractivity contribution >= 4 is 0 Å². The second-order valence-electron chi connectivity index (χ2n) is 5.69. The number of hydrogen-bond acceptors (Lipinski definition) is 2. The number of aliphatic hydroxyl groups is 1. The Morgan fingerprint density at radius 3 is 2.50 bits per heavy atom. The summed E-state index contributed by atoms with van der Waals surface area (Å²) in [5.41, 5.74) is 0. The maximum absolute atomic E-state index is 10.6. The average molecular weight is 225 g/mol. The molecule has 1 saturated heterocycles. The van der Waals surface area contributed by atoms with Gasteiger partial charge >= 0.3 is 0 Å². The van der Waals surface area contributed by atoms with Gasteiger partial charge in [-0.3, -0.25) is 0 Å². The monoisotopic (exact) mass is 225 g/mol. The molecule has 2 fully saturated rings. The van der Waals surface area contributed by atoms with E-state index in [-0.39, 0.29) is 6.10 Å². The zero-order valence-corrected chi connectivity index (χ0v) is 10.6. The molecule has 2 heteroatoms. The van der Waals surface area contributed by atoms with Crippen LogP contribution in [-0.2, 0) is 0 Å². The van der Waals surface area contributed by atoms with Crippen molar-refractivity contribution in [1.82, 2.24) is 5.32 Å². The molecule has 3 atom stereocenters. The van der Waals surface area contributed by atoms with Gasteiger partial charge < -0.3 is 10.4 Å². The topological polar surface area (TPSA) is 32.3 Å². The number of piperidine rings is 1. The van der Waals surface area contributed by atoms with Crippen LogP contribution in [0, 0.1) is 17.8 Å². The van der Waals surface area contributed by atoms with Crippen molar-refractivity contribution in [2.45, 2.75) is 58.0 Å². The summed E-state index contributed by atoms with van der Waals surface area (Å²) in [4.78, 5) is 0. The Morgan fingerprint density at radius 2 is 1.81 bits per heavy atom. The second-order valence-corrected chi connectivity index (χ2v) is 5.69. The highest BCUT2D eigenvalue weighted by Gasteiger charge is 2.34. The molecule has 3 unspecified atom stereocenters. The van der Waals surface area contributed by atoms with Crippen LogP contribution in [0.15, 0.2) is 0 Å². The lowest BCUT2D eigenvalue weighted by atomic mass is 9.71. The summed E-state index contributed by atoms with van der Waals surface area (Å²) in [6.07, 6.45) is 8.92. The van der Waals surface area contributed by atoms with Crippen LogP contribution in [-0.4, -0.2) is 24.3 Å². The lowest BCUT2D eigenvalue weighted by Crippen LogP contribution is -2.40. The van der Waals surface area contributed by atoms with Crippen LogP contribution in [0.3, 0.4) is 0 Å². The van der Waals surface area contributed by atoms with Gasteiger partial charge in [0, 0.05) is 0 Å². The summed E-state index contributed by atoms with van der Waals surface area (Å²) in [6.45, 7) is 4.49. The van der Waals surface area contributed by atoms with Crippen LogP contribution < -0.4 is 5.32 Å². The molecule has 1 saturated carbocycles. The first kappa shape index (κ1) is 12.4. The molecule has 2 aliphatic rings. The third kappa shape index (κ3) is 2.78. The zero-order valence-electron chi connectivity index (χ0n) is 10.6. The molecule has 0 amide bonds. The minimum absolute atomic E-state index is 0.0210. The van der Waals surface area contributed by atoms with Crippen molar-refractivity contribution in [3.05, 3.63) is 0 Å². The molecular weight excluding hydrogens is 198 g/mol. The van der Waals surface area contributed by atoms with Crippen molar-refractivity contribution in [3.8, 4) is 0 Å². The summed E-state index contributed by atoms with van der Waals surface area (Å²) in [6, 6.07) is 0. The molecule has 1 aliphatic heterocycles. The van der Waals surface area contributed by atoms with E-state index >= 15 is 0 Å². The summed E-state index contributed by atoms with van der Waals surface area (Å²) >= 11 is 0. The Kier molecular flexibility index (Phi) is 4.66. The van der Waals surface area contributed by atoms with E-state index in [0.717, 1.165) is 19.0 Å². The molecule has 0 aromatic heterocycles. The molecule has 94 valence electrons. The summed E-state index contributed by atoms with van der Waals surface area (Å²) in [5, 5.41) is 14.0. The Labute approximate surface area is 99.8 Å². The predicted molar refractivity (Wildman–Crippen MR) is 67.3 cm³/mol. The van der Waals surface area contributed by atoms with E-state index in [9.17, 15) is 5.11 Å². The van der Waals surface area contributed by atoms with Crippen LogP contribution in [0.25, 0.3) is 0 Å². The van der Waals surface area contributed by atoms with Crippen molar-refractivity contribution in [2.24, 2.45) is 17.8 Å². The molecule has 1 aliphatic carbocycles. The van der Waals surface area contributed by atoms with Gasteiger partial charge in [0.15, 0.2) is 0 Å². The van der Waals surface area contributed by atoms with E-state index in [1.165, 1.54) is 44.9 Å². The van der Waals surface area contributed by atoms with Gasteiger partial charge in [-0.15, -0.1) is 0 Å². The molecule has 2 rings (SSSR count). The van der Waals surface area contributed by atoms with Gasteiger partial charge in [0.05, 0.1) is 6.10 Å². The molecule has 2 N–H and O–H groups in total. The molecule has 1 heterocycles. The van der Waals surface area contributed by atoms with Crippen LogP contribution in [0.2, 0.25) is 0 Å². The second kappa shape index (κ2) is 6.02. The van der Waals surface area contributed by atoms with Crippen LogP contribution in [0.1, 0.15) is 51.9 Å². The minimum Gasteiger partial charge on any atom is -0.393 e. The molecule has 0 radical (unpaired) electrons. The van der Waals surface area contributed by atoms with E-state index < -0.39 is 0 Å². The van der Waals surface area contributed by atoms with E-state index in [1.54, 1.807) is 0 Å². The maximum atomic E-state index is 10.6. The van der Waals surface area contributed by atoms with Crippen LogP contribution in [0.4, 0.5) is 0 Å². The van der Waals surface area contributed by atoms with Gasteiger partial charge in [-0.2, -0.15) is 0 Å². The predicted octanol–water partition coefficient (Wildman–Crippen LogP) is 2.56. The van der Waals surface area contributed by atoms with Crippen LogP contribution >= 0.6 is 0 Å². The van der Waals surface area contributed by atoms with Gasteiger partial charge in [0.1, 0.15) is 0 Å². The largest absolute Gasteiger partial charge is 0.393 e. The first-order valence-electron chi connectivity index (χ1n) is 7.21. The highest BCUT2D eigenvalue weighted by Crippen LogP contribution is 2.38. The van der Waals surface area contributed by atoms with E-state index in [2.05, 4.69) is 12.2 Å². The van der Waals surface area contributed by atoms with E-state index in [0.29, 0.717) is 11.8 Å². The third-order valence-electron chi connectivity index (χ3n) is 4.80. The molecular formula is C14H27NO. The summed E-state index contributed by atoms with van der Waals surface area (Å²) in [5.74, 6) is 1.96. The van der Waals surface area contributed by atoms with Gasteiger partial charge in [-0.1, -0.05) is 32.6 Å². The zero-order chi connectivity index (χ0) is 11.4. The highest BCUT2D eigenvalue weighted by molar-refractivity contribution is 4.85. The van der Waals surface area contributed by atoms with Gasteiger partial charge in [0.25, 0.3) is 0 Å². The molecule has 16 heavy (non-hydrogen) atoms. The van der Waals surface area contributed by atoms with E-state index in [4.69, 9.17) is 0 Å². The standard InChI is InChI=1S/C14H27NO/c1-2-11-5-3-4-6-13(11)14(16)12-7-9-15-10-8-12/h11-16H,2-10H2,1H3. The lowest BCUT2D eigenvalue weighted by Gasteiger charge is -2.39. The Morgan fingerprint density at radius 1 is 1.12 bits per heavy atom. The number of rotatable bonds is 3. The maximum Gasteiger partial charge on any atom is 0.0600 e. The van der Waals surface area contributed by atoms with Crippen molar-refractivity contribution in [2.75, 3.05) is 13.1 Å². The number of aliphatic hydroxyl groups excluding tert-OH is 1. The summed E-state index contributed by atoms with van der Waals surface area (Å²) in [7, 11) is 0. The van der Waals surface area contributed by atoms with Gasteiger partial charge in [-0.05, 0) is 50.1 Å². The fraction of sp³-hybridized carbons (Fsp3) is 1.00. The molecule has 2 nitrogen and oxygen atoms in total. The van der Waals surface area contributed by atoms with Crippen LogP contribution in [0.5, 0.6) is 0 Å². The Hall–Kier alpha value is -0.0800. The SMILES string of the molecule is CCC1CCCCC1C(O)C1CCNCC1. The smallest absolute Gasteiger partial charge is 0.0600 e.